The van der Waals surface area contributed by atoms with Crippen LogP contribution in [0.2, 0.25) is 0 Å². The summed E-state index contributed by atoms with van der Waals surface area (Å²) in [6.45, 7) is 5.83. The van der Waals surface area contributed by atoms with Gasteiger partial charge in [-0.15, -0.1) is 0 Å². The molecule has 1 saturated heterocycles. The van der Waals surface area contributed by atoms with Gasteiger partial charge >= 0.3 is 0 Å². The Kier molecular flexibility index (Phi) is 4.35. The smallest absolute Gasteiger partial charge is 0.107 e. The van der Waals surface area contributed by atoms with Crippen molar-refractivity contribution in [1.29, 1.82) is 0 Å². The summed E-state index contributed by atoms with van der Waals surface area (Å²) in [6, 6.07) is 1.97. The maximum Gasteiger partial charge on any atom is 0.107 e. The quantitative estimate of drug-likeness (QED) is 0.874. The second-order valence-corrected chi connectivity index (χ2v) is 4.99. The molecule has 0 bridgehead atoms. The molecule has 1 aromatic heterocycles. The van der Waals surface area contributed by atoms with Gasteiger partial charge in [-0.2, -0.15) is 11.3 Å². The molecule has 2 heterocycles. The molecule has 0 spiro atoms. The molecule has 2 atom stereocenters. The Morgan fingerprint density at radius 3 is 3.25 bits per heavy atom. The van der Waals surface area contributed by atoms with Crippen LogP contribution >= 0.6 is 11.3 Å². The van der Waals surface area contributed by atoms with Crippen molar-refractivity contribution >= 4 is 11.3 Å². The van der Waals surface area contributed by atoms with Crippen molar-refractivity contribution in [2.45, 2.75) is 25.6 Å². The Hall–Kier alpha value is -0.420. The maximum atomic E-state index is 10.2. The highest BCUT2D eigenvalue weighted by Crippen LogP contribution is 2.24. The van der Waals surface area contributed by atoms with E-state index in [2.05, 4.69) is 11.8 Å². The van der Waals surface area contributed by atoms with Gasteiger partial charge in [0.1, 0.15) is 12.2 Å². The first-order chi connectivity index (χ1) is 7.81. The fraction of sp³-hybridized carbons (Fsp3) is 0.667. The van der Waals surface area contributed by atoms with Crippen LogP contribution in [0.1, 0.15) is 25.0 Å². The van der Waals surface area contributed by atoms with Crippen LogP contribution in [0.5, 0.6) is 0 Å². The Labute approximate surface area is 101 Å². The average molecular weight is 241 g/mol. The molecular formula is C12H19NO2S. The van der Waals surface area contributed by atoms with E-state index in [1.807, 2.05) is 16.8 Å². The van der Waals surface area contributed by atoms with Gasteiger partial charge in [0.15, 0.2) is 0 Å². The van der Waals surface area contributed by atoms with Crippen LogP contribution < -0.4 is 0 Å². The van der Waals surface area contributed by atoms with E-state index in [-0.39, 0.29) is 6.10 Å². The largest absolute Gasteiger partial charge is 0.386 e. The van der Waals surface area contributed by atoms with Crippen LogP contribution in [-0.2, 0) is 4.74 Å². The van der Waals surface area contributed by atoms with Gasteiger partial charge in [0.2, 0.25) is 0 Å². The zero-order valence-corrected chi connectivity index (χ0v) is 10.4. The molecule has 0 amide bonds. The van der Waals surface area contributed by atoms with Crippen molar-refractivity contribution in [3.8, 4) is 0 Å². The molecule has 2 unspecified atom stereocenters. The molecule has 1 aliphatic heterocycles. The maximum absolute atomic E-state index is 10.2. The van der Waals surface area contributed by atoms with E-state index in [0.29, 0.717) is 0 Å². The molecule has 90 valence electrons. The highest BCUT2D eigenvalue weighted by molar-refractivity contribution is 7.07. The van der Waals surface area contributed by atoms with E-state index < -0.39 is 6.10 Å². The SMILES string of the molecule is CCCN1CCOC(C(O)c2ccsc2)C1. The number of ether oxygens (including phenoxy) is 1. The fourth-order valence-corrected chi connectivity index (χ4v) is 2.79. The number of aliphatic hydroxyl groups excluding tert-OH is 1. The highest BCUT2D eigenvalue weighted by atomic mass is 32.1. The molecule has 1 aromatic rings. The molecule has 16 heavy (non-hydrogen) atoms. The molecule has 0 aromatic carbocycles. The molecule has 1 N–H and O–H groups in total. The topological polar surface area (TPSA) is 32.7 Å². The average Bonchev–Trinajstić information content (AvgIpc) is 2.82. The lowest BCUT2D eigenvalue weighted by atomic mass is 10.1. The molecule has 2 rings (SSSR count). The molecule has 1 aliphatic rings. The Morgan fingerprint density at radius 1 is 1.69 bits per heavy atom. The highest BCUT2D eigenvalue weighted by Gasteiger charge is 2.27. The minimum Gasteiger partial charge on any atom is -0.386 e. The van der Waals surface area contributed by atoms with Crippen LogP contribution in [0.4, 0.5) is 0 Å². The zero-order chi connectivity index (χ0) is 11.4. The number of rotatable bonds is 4. The van der Waals surface area contributed by atoms with Gasteiger partial charge in [0.25, 0.3) is 0 Å². The van der Waals surface area contributed by atoms with E-state index >= 15 is 0 Å². The molecule has 3 nitrogen and oxygen atoms in total. The van der Waals surface area contributed by atoms with Gasteiger partial charge in [0, 0.05) is 13.1 Å². The first kappa shape index (κ1) is 12.0. The lowest BCUT2D eigenvalue weighted by molar-refractivity contribution is -0.0897. The Bertz CT molecular complexity index is 300. The van der Waals surface area contributed by atoms with Crippen LogP contribution in [0.3, 0.4) is 0 Å². The van der Waals surface area contributed by atoms with Crippen LogP contribution in [0.15, 0.2) is 16.8 Å². The predicted molar refractivity (Wildman–Crippen MR) is 65.7 cm³/mol. The molecule has 0 radical (unpaired) electrons. The van der Waals surface area contributed by atoms with Crippen molar-refractivity contribution in [2.75, 3.05) is 26.2 Å². The summed E-state index contributed by atoms with van der Waals surface area (Å²) in [5.41, 5.74) is 0.980. The van der Waals surface area contributed by atoms with Crippen LogP contribution in [-0.4, -0.2) is 42.4 Å². The Morgan fingerprint density at radius 2 is 2.56 bits per heavy atom. The number of aliphatic hydroxyl groups is 1. The summed E-state index contributed by atoms with van der Waals surface area (Å²) in [6.07, 6.45) is 0.599. The predicted octanol–water partition coefficient (Wildman–Crippen LogP) is 1.89. The monoisotopic (exact) mass is 241 g/mol. The number of thiophene rings is 1. The summed E-state index contributed by atoms with van der Waals surface area (Å²) in [5.74, 6) is 0. The third-order valence-electron chi connectivity index (χ3n) is 2.95. The van der Waals surface area contributed by atoms with Crippen molar-refractivity contribution < 1.29 is 9.84 Å². The van der Waals surface area contributed by atoms with Gasteiger partial charge in [-0.25, -0.2) is 0 Å². The summed E-state index contributed by atoms with van der Waals surface area (Å²) in [7, 11) is 0. The Balaban J connectivity index is 1.93. The fourth-order valence-electron chi connectivity index (χ4n) is 2.10. The second kappa shape index (κ2) is 5.77. The number of morpholine rings is 1. The third-order valence-corrected chi connectivity index (χ3v) is 3.66. The minimum atomic E-state index is -0.481. The van der Waals surface area contributed by atoms with Gasteiger partial charge < -0.3 is 9.84 Å². The number of nitrogens with zero attached hydrogens (tertiary/aromatic N) is 1. The van der Waals surface area contributed by atoms with Gasteiger partial charge in [0.05, 0.1) is 6.61 Å². The third kappa shape index (κ3) is 2.83. The van der Waals surface area contributed by atoms with E-state index in [1.165, 1.54) is 0 Å². The lowest BCUT2D eigenvalue weighted by Gasteiger charge is -2.34. The van der Waals surface area contributed by atoms with Gasteiger partial charge in [-0.05, 0) is 35.4 Å². The summed E-state index contributed by atoms with van der Waals surface area (Å²) < 4.78 is 5.65. The van der Waals surface area contributed by atoms with Crippen LogP contribution in [0.25, 0.3) is 0 Å². The molecule has 1 fully saturated rings. The van der Waals surface area contributed by atoms with Crippen molar-refractivity contribution in [1.82, 2.24) is 4.90 Å². The molecule has 0 aliphatic carbocycles. The van der Waals surface area contributed by atoms with E-state index in [4.69, 9.17) is 4.74 Å². The van der Waals surface area contributed by atoms with Crippen LogP contribution in [0, 0.1) is 0 Å². The molecular weight excluding hydrogens is 222 g/mol. The van der Waals surface area contributed by atoms with Gasteiger partial charge in [-0.1, -0.05) is 6.92 Å². The minimum absolute atomic E-state index is 0.0742. The molecule has 0 saturated carbocycles. The lowest BCUT2D eigenvalue weighted by Crippen LogP contribution is -2.45. The van der Waals surface area contributed by atoms with Gasteiger partial charge in [-0.3, -0.25) is 4.90 Å². The number of hydrogen-bond acceptors (Lipinski definition) is 4. The first-order valence-corrected chi connectivity index (χ1v) is 6.79. The zero-order valence-electron chi connectivity index (χ0n) is 9.63. The normalized spacial score (nSPS) is 24.5. The van der Waals surface area contributed by atoms with E-state index in [9.17, 15) is 5.11 Å². The summed E-state index contributed by atoms with van der Waals surface area (Å²) in [4.78, 5) is 2.36. The summed E-state index contributed by atoms with van der Waals surface area (Å²) >= 11 is 1.61. The summed E-state index contributed by atoms with van der Waals surface area (Å²) in [5, 5.41) is 14.2. The van der Waals surface area contributed by atoms with Crippen molar-refractivity contribution in [3.05, 3.63) is 22.4 Å². The number of hydrogen-bond donors (Lipinski definition) is 1. The second-order valence-electron chi connectivity index (χ2n) is 4.21. The van der Waals surface area contributed by atoms with E-state index in [0.717, 1.165) is 38.2 Å². The first-order valence-electron chi connectivity index (χ1n) is 5.85. The van der Waals surface area contributed by atoms with E-state index in [1.54, 1.807) is 11.3 Å². The van der Waals surface area contributed by atoms with Crippen molar-refractivity contribution in [3.63, 3.8) is 0 Å². The molecule has 4 heteroatoms. The standard InChI is InChI=1S/C12H19NO2S/c1-2-4-13-5-6-15-11(8-13)12(14)10-3-7-16-9-10/h3,7,9,11-12,14H,2,4-6,8H2,1H3. The van der Waals surface area contributed by atoms with Crippen molar-refractivity contribution in [2.24, 2.45) is 0 Å².